The van der Waals surface area contributed by atoms with E-state index < -0.39 is 0 Å². The van der Waals surface area contributed by atoms with E-state index >= 15 is 0 Å². The van der Waals surface area contributed by atoms with Crippen LogP contribution < -0.4 is 5.32 Å². The minimum atomic E-state index is 0.503. The summed E-state index contributed by atoms with van der Waals surface area (Å²) in [5.74, 6) is 1.54. The second-order valence-electron chi connectivity index (χ2n) is 6.77. The fraction of sp³-hybridized carbons (Fsp3) is 0.667. The fourth-order valence-corrected chi connectivity index (χ4v) is 3.24. The molecule has 2 atom stereocenters. The van der Waals surface area contributed by atoms with E-state index in [2.05, 4.69) is 61.4 Å². The van der Waals surface area contributed by atoms with E-state index in [0.717, 1.165) is 18.4 Å². The summed E-state index contributed by atoms with van der Waals surface area (Å²) in [6.45, 7) is 8.29. The van der Waals surface area contributed by atoms with Crippen molar-refractivity contribution in [1.29, 1.82) is 0 Å². The van der Waals surface area contributed by atoms with Crippen LogP contribution in [0.25, 0.3) is 0 Å². The van der Waals surface area contributed by atoms with Crippen molar-refractivity contribution in [2.45, 2.75) is 39.2 Å². The van der Waals surface area contributed by atoms with Gasteiger partial charge in [0.05, 0.1) is 0 Å². The van der Waals surface area contributed by atoms with Gasteiger partial charge in [-0.3, -0.25) is 0 Å². The van der Waals surface area contributed by atoms with Crippen LogP contribution >= 0.6 is 0 Å². The Bertz CT molecular complexity index is 374. The van der Waals surface area contributed by atoms with Crippen LogP contribution in [-0.4, -0.2) is 31.6 Å². The Labute approximate surface area is 124 Å². The third-order valence-corrected chi connectivity index (χ3v) is 4.28. The smallest absolute Gasteiger partial charge is 0.0322 e. The lowest BCUT2D eigenvalue weighted by Crippen LogP contribution is -2.38. The summed E-state index contributed by atoms with van der Waals surface area (Å²) in [6.07, 6.45) is 3.94. The second-order valence-corrected chi connectivity index (χ2v) is 6.77. The fourth-order valence-electron chi connectivity index (χ4n) is 3.24. The minimum Gasteiger partial charge on any atom is -0.310 e. The first kappa shape index (κ1) is 15.5. The van der Waals surface area contributed by atoms with Gasteiger partial charge >= 0.3 is 0 Å². The Morgan fingerprint density at radius 3 is 2.65 bits per heavy atom. The average Bonchev–Trinajstić information content (AvgIpc) is 2.44. The number of benzene rings is 1. The van der Waals surface area contributed by atoms with E-state index in [1.54, 1.807) is 0 Å². The number of nitrogens with one attached hydrogen (secondary N) is 1. The molecule has 20 heavy (non-hydrogen) atoms. The molecule has 0 aliphatic carbocycles. The van der Waals surface area contributed by atoms with Crippen LogP contribution in [0, 0.1) is 11.8 Å². The first-order valence-electron chi connectivity index (χ1n) is 8.12. The van der Waals surface area contributed by atoms with E-state index in [1.807, 2.05) is 0 Å². The van der Waals surface area contributed by atoms with Crippen LogP contribution in [0.3, 0.4) is 0 Å². The molecule has 112 valence electrons. The topological polar surface area (TPSA) is 15.3 Å². The van der Waals surface area contributed by atoms with Crippen molar-refractivity contribution in [3.8, 4) is 0 Å². The number of nitrogens with zero attached hydrogens (tertiary/aromatic N) is 1. The molecule has 1 aliphatic heterocycles. The van der Waals surface area contributed by atoms with Gasteiger partial charge in [0.25, 0.3) is 0 Å². The minimum absolute atomic E-state index is 0.503. The van der Waals surface area contributed by atoms with Gasteiger partial charge in [-0.15, -0.1) is 0 Å². The summed E-state index contributed by atoms with van der Waals surface area (Å²) in [7, 11) is 2.24. The molecule has 1 aliphatic rings. The first-order chi connectivity index (χ1) is 9.65. The van der Waals surface area contributed by atoms with E-state index in [0.29, 0.717) is 6.04 Å². The van der Waals surface area contributed by atoms with Gasteiger partial charge in [-0.2, -0.15) is 0 Å². The molecule has 2 nitrogen and oxygen atoms in total. The highest BCUT2D eigenvalue weighted by molar-refractivity contribution is 5.18. The Kier molecular flexibility index (Phi) is 6.06. The zero-order valence-corrected chi connectivity index (χ0v) is 13.3. The molecule has 1 saturated heterocycles. The van der Waals surface area contributed by atoms with Crippen molar-refractivity contribution < 1.29 is 0 Å². The average molecular weight is 274 g/mol. The van der Waals surface area contributed by atoms with Gasteiger partial charge in [-0.25, -0.2) is 0 Å². The number of hydrogen-bond donors (Lipinski definition) is 1. The number of rotatable bonds is 6. The summed E-state index contributed by atoms with van der Waals surface area (Å²) in [6, 6.07) is 11.4. The molecule has 0 bridgehead atoms. The molecule has 0 aromatic heterocycles. The molecular formula is C18H30N2. The predicted octanol–water partition coefficient (Wildman–Crippen LogP) is 3.71. The number of likely N-dealkylation sites (tertiary alicyclic amines) is 1. The highest BCUT2D eigenvalue weighted by atomic mass is 15.1. The standard InChI is InChI=1S/C18H30N2/c1-15(2)12-18(17-9-5-4-6-10-17)19-13-16-8-7-11-20(3)14-16/h4-6,9-10,15-16,18-19H,7-8,11-14H2,1-3H3. The van der Waals surface area contributed by atoms with E-state index in [1.165, 1.54) is 37.9 Å². The van der Waals surface area contributed by atoms with Crippen molar-refractivity contribution in [2.75, 3.05) is 26.7 Å². The summed E-state index contributed by atoms with van der Waals surface area (Å²) in [4.78, 5) is 2.47. The third-order valence-electron chi connectivity index (χ3n) is 4.28. The van der Waals surface area contributed by atoms with E-state index in [-0.39, 0.29) is 0 Å². The molecule has 1 fully saturated rings. The normalized spacial score (nSPS) is 22.1. The SMILES string of the molecule is CC(C)CC(NCC1CCCN(C)C1)c1ccccc1. The molecule has 1 heterocycles. The van der Waals surface area contributed by atoms with Gasteiger partial charge in [0.1, 0.15) is 0 Å². The predicted molar refractivity (Wildman–Crippen MR) is 86.9 cm³/mol. The van der Waals surface area contributed by atoms with Crippen LogP contribution in [0.4, 0.5) is 0 Å². The zero-order valence-electron chi connectivity index (χ0n) is 13.3. The van der Waals surface area contributed by atoms with Crippen LogP contribution in [0.15, 0.2) is 30.3 Å². The quantitative estimate of drug-likeness (QED) is 0.851. The van der Waals surface area contributed by atoms with Gasteiger partial charge in [0, 0.05) is 12.6 Å². The van der Waals surface area contributed by atoms with E-state index in [9.17, 15) is 0 Å². The van der Waals surface area contributed by atoms with Crippen LogP contribution in [0.2, 0.25) is 0 Å². The third kappa shape index (κ3) is 4.92. The summed E-state index contributed by atoms with van der Waals surface area (Å²) < 4.78 is 0. The number of hydrogen-bond acceptors (Lipinski definition) is 2. The Balaban J connectivity index is 1.91. The van der Waals surface area contributed by atoms with Crippen molar-refractivity contribution in [3.05, 3.63) is 35.9 Å². The molecule has 0 spiro atoms. The van der Waals surface area contributed by atoms with Gasteiger partial charge in [-0.1, -0.05) is 44.2 Å². The Hall–Kier alpha value is -0.860. The summed E-state index contributed by atoms with van der Waals surface area (Å²) in [5, 5.41) is 3.83. The van der Waals surface area contributed by atoms with Crippen molar-refractivity contribution in [3.63, 3.8) is 0 Å². The van der Waals surface area contributed by atoms with Gasteiger partial charge < -0.3 is 10.2 Å². The van der Waals surface area contributed by atoms with Gasteiger partial charge in [-0.05, 0) is 56.8 Å². The van der Waals surface area contributed by atoms with Crippen molar-refractivity contribution >= 4 is 0 Å². The molecule has 2 rings (SSSR count). The lowest BCUT2D eigenvalue weighted by molar-refractivity contribution is 0.201. The zero-order chi connectivity index (χ0) is 14.4. The maximum Gasteiger partial charge on any atom is 0.0322 e. The van der Waals surface area contributed by atoms with Gasteiger partial charge in [0.15, 0.2) is 0 Å². The van der Waals surface area contributed by atoms with Crippen LogP contribution in [0.5, 0.6) is 0 Å². The lowest BCUT2D eigenvalue weighted by atomic mass is 9.94. The van der Waals surface area contributed by atoms with Crippen molar-refractivity contribution in [1.82, 2.24) is 10.2 Å². The van der Waals surface area contributed by atoms with Crippen molar-refractivity contribution in [2.24, 2.45) is 11.8 Å². The molecular weight excluding hydrogens is 244 g/mol. The van der Waals surface area contributed by atoms with Gasteiger partial charge in [0.2, 0.25) is 0 Å². The molecule has 2 unspecified atom stereocenters. The summed E-state index contributed by atoms with van der Waals surface area (Å²) in [5.41, 5.74) is 1.44. The monoisotopic (exact) mass is 274 g/mol. The molecule has 0 saturated carbocycles. The lowest BCUT2D eigenvalue weighted by Gasteiger charge is -2.31. The highest BCUT2D eigenvalue weighted by Crippen LogP contribution is 2.22. The van der Waals surface area contributed by atoms with E-state index in [4.69, 9.17) is 0 Å². The second kappa shape index (κ2) is 7.80. The molecule has 0 amide bonds. The summed E-state index contributed by atoms with van der Waals surface area (Å²) >= 11 is 0. The Morgan fingerprint density at radius 1 is 1.25 bits per heavy atom. The molecule has 1 aromatic carbocycles. The maximum atomic E-state index is 3.83. The molecule has 0 radical (unpaired) electrons. The Morgan fingerprint density at radius 2 is 2.00 bits per heavy atom. The molecule has 1 aromatic rings. The molecule has 2 heteroatoms. The molecule has 1 N–H and O–H groups in total. The van der Waals surface area contributed by atoms with Crippen LogP contribution in [0.1, 0.15) is 44.7 Å². The maximum absolute atomic E-state index is 3.83. The largest absolute Gasteiger partial charge is 0.310 e. The highest BCUT2D eigenvalue weighted by Gasteiger charge is 2.19. The van der Waals surface area contributed by atoms with Crippen LogP contribution in [-0.2, 0) is 0 Å². The first-order valence-corrected chi connectivity index (χ1v) is 8.12. The number of piperidine rings is 1.